The van der Waals surface area contributed by atoms with Crippen molar-refractivity contribution in [2.75, 3.05) is 5.75 Å². The molecule has 2 fully saturated rings. The number of hydrogen-bond acceptors (Lipinski definition) is 1. The van der Waals surface area contributed by atoms with E-state index in [1.54, 1.807) is 0 Å². The van der Waals surface area contributed by atoms with Gasteiger partial charge in [-0.2, -0.15) is 11.8 Å². The summed E-state index contributed by atoms with van der Waals surface area (Å²) >= 11 is 2.32. The standard InChI is InChI=1S/C20H38S/c1-5-6-7-8-9-10-11-12-13-21-20(4)16-17-14-18(20)15-19(17,2)3/h17-18H,5-16H2,1-4H3. The van der Waals surface area contributed by atoms with Crippen LogP contribution in [0, 0.1) is 17.3 Å². The number of thioether (sulfide) groups is 1. The Balaban J connectivity index is 1.52. The molecule has 3 atom stereocenters. The van der Waals surface area contributed by atoms with Gasteiger partial charge in [-0.25, -0.2) is 0 Å². The van der Waals surface area contributed by atoms with Gasteiger partial charge >= 0.3 is 0 Å². The van der Waals surface area contributed by atoms with Crippen molar-refractivity contribution >= 4 is 11.8 Å². The van der Waals surface area contributed by atoms with Crippen LogP contribution in [0.5, 0.6) is 0 Å². The lowest BCUT2D eigenvalue weighted by atomic mass is 9.73. The summed E-state index contributed by atoms with van der Waals surface area (Å²) in [6, 6.07) is 0. The van der Waals surface area contributed by atoms with E-state index < -0.39 is 0 Å². The Morgan fingerprint density at radius 1 is 0.810 bits per heavy atom. The molecule has 2 rings (SSSR count). The van der Waals surface area contributed by atoms with Gasteiger partial charge in [-0.15, -0.1) is 0 Å². The number of unbranched alkanes of at least 4 members (excludes halogenated alkanes) is 7. The highest BCUT2D eigenvalue weighted by molar-refractivity contribution is 8.00. The number of fused-ring (bicyclic) bond motifs is 2. The van der Waals surface area contributed by atoms with Crippen molar-refractivity contribution in [2.24, 2.45) is 17.3 Å². The highest BCUT2D eigenvalue weighted by atomic mass is 32.2. The van der Waals surface area contributed by atoms with Gasteiger partial charge in [-0.05, 0) is 48.7 Å². The van der Waals surface area contributed by atoms with Gasteiger partial charge in [0.15, 0.2) is 0 Å². The van der Waals surface area contributed by atoms with E-state index in [9.17, 15) is 0 Å². The first kappa shape index (κ1) is 17.7. The first-order valence-electron chi connectivity index (χ1n) is 9.62. The van der Waals surface area contributed by atoms with Gasteiger partial charge in [0.2, 0.25) is 0 Å². The summed E-state index contributed by atoms with van der Waals surface area (Å²) in [5.41, 5.74) is 0.642. The normalized spacial score (nSPS) is 33.7. The summed E-state index contributed by atoms with van der Waals surface area (Å²) in [7, 11) is 0. The zero-order chi connectivity index (χ0) is 15.3. The lowest BCUT2D eigenvalue weighted by molar-refractivity contribution is 0.195. The molecule has 3 unspecified atom stereocenters. The van der Waals surface area contributed by atoms with E-state index >= 15 is 0 Å². The topological polar surface area (TPSA) is 0 Å². The SMILES string of the molecule is CCCCCCCCCCSC1(C)CC2CC1CC2(C)C. The molecule has 0 heterocycles. The maximum atomic E-state index is 2.57. The van der Waals surface area contributed by atoms with Gasteiger partial charge in [0.05, 0.1) is 0 Å². The molecule has 0 radical (unpaired) electrons. The van der Waals surface area contributed by atoms with Gasteiger partial charge in [-0.1, -0.05) is 72.6 Å². The van der Waals surface area contributed by atoms with E-state index in [2.05, 4.69) is 39.5 Å². The zero-order valence-electron chi connectivity index (χ0n) is 15.0. The minimum Gasteiger partial charge on any atom is -0.155 e. The molecule has 2 bridgehead atoms. The van der Waals surface area contributed by atoms with Crippen molar-refractivity contribution in [1.29, 1.82) is 0 Å². The van der Waals surface area contributed by atoms with Crippen molar-refractivity contribution in [1.82, 2.24) is 0 Å². The Labute approximate surface area is 138 Å². The highest BCUT2D eigenvalue weighted by Gasteiger charge is 2.55. The van der Waals surface area contributed by atoms with E-state index in [1.165, 1.54) is 76.4 Å². The lowest BCUT2D eigenvalue weighted by Gasteiger charge is -2.40. The van der Waals surface area contributed by atoms with E-state index in [0.29, 0.717) is 10.2 Å². The summed E-state index contributed by atoms with van der Waals surface area (Å²) in [4.78, 5) is 0. The molecule has 21 heavy (non-hydrogen) atoms. The molecular formula is C20H38S. The second-order valence-electron chi connectivity index (χ2n) is 8.66. The molecule has 0 saturated heterocycles. The predicted octanol–water partition coefficient (Wildman–Crippen LogP) is 7.08. The second kappa shape index (κ2) is 7.75. The van der Waals surface area contributed by atoms with Crippen LogP contribution in [-0.2, 0) is 0 Å². The monoisotopic (exact) mass is 310 g/mol. The van der Waals surface area contributed by atoms with Crippen LogP contribution in [0.1, 0.15) is 98.3 Å². The van der Waals surface area contributed by atoms with Crippen molar-refractivity contribution in [3.05, 3.63) is 0 Å². The third-order valence-electron chi connectivity index (χ3n) is 6.39. The summed E-state index contributed by atoms with van der Waals surface area (Å²) in [5.74, 6) is 3.44. The largest absolute Gasteiger partial charge is 0.155 e. The van der Waals surface area contributed by atoms with Crippen molar-refractivity contribution in [3.8, 4) is 0 Å². The molecule has 2 aliphatic carbocycles. The molecule has 0 spiro atoms. The Hall–Kier alpha value is 0.350. The van der Waals surface area contributed by atoms with Crippen LogP contribution >= 0.6 is 11.8 Å². The summed E-state index contributed by atoms with van der Waals surface area (Å²) in [6.45, 7) is 9.87. The molecule has 0 aromatic rings. The quantitative estimate of drug-likeness (QED) is 0.389. The van der Waals surface area contributed by atoms with Gasteiger partial charge in [-0.3, -0.25) is 0 Å². The minimum atomic E-state index is 0.626. The molecule has 0 amide bonds. The van der Waals surface area contributed by atoms with Crippen molar-refractivity contribution in [2.45, 2.75) is 103 Å². The van der Waals surface area contributed by atoms with Crippen LogP contribution in [0.2, 0.25) is 0 Å². The van der Waals surface area contributed by atoms with E-state index in [1.807, 2.05) is 0 Å². The Morgan fingerprint density at radius 3 is 1.95 bits per heavy atom. The number of rotatable bonds is 10. The Kier molecular flexibility index (Phi) is 6.53. The zero-order valence-corrected chi connectivity index (χ0v) is 15.9. The minimum absolute atomic E-state index is 0.626. The average molecular weight is 311 g/mol. The van der Waals surface area contributed by atoms with Crippen LogP contribution in [-0.4, -0.2) is 10.5 Å². The Morgan fingerprint density at radius 2 is 1.43 bits per heavy atom. The lowest BCUT2D eigenvalue weighted by Crippen LogP contribution is -2.34. The van der Waals surface area contributed by atoms with E-state index in [-0.39, 0.29) is 0 Å². The molecule has 1 heteroatoms. The van der Waals surface area contributed by atoms with Crippen LogP contribution in [0.15, 0.2) is 0 Å². The van der Waals surface area contributed by atoms with Gasteiger partial charge in [0.25, 0.3) is 0 Å². The fraction of sp³-hybridized carbons (Fsp3) is 1.00. The molecule has 0 N–H and O–H groups in total. The molecule has 0 aromatic carbocycles. The third kappa shape index (κ3) is 4.66. The van der Waals surface area contributed by atoms with Crippen molar-refractivity contribution in [3.63, 3.8) is 0 Å². The highest BCUT2D eigenvalue weighted by Crippen LogP contribution is 2.63. The fourth-order valence-corrected chi connectivity index (χ4v) is 6.30. The third-order valence-corrected chi connectivity index (χ3v) is 8.04. The first-order chi connectivity index (χ1) is 9.98. The maximum Gasteiger partial charge on any atom is 0.0163 e. The molecular weight excluding hydrogens is 272 g/mol. The van der Waals surface area contributed by atoms with Gasteiger partial charge < -0.3 is 0 Å². The van der Waals surface area contributed by atoms with E-state index in [0.717, 1.165) is 11.8 Å². The molecule has 0 aromatic heterocycles. The smallest absolute Gasteiger partial charge is 0.0163 e. The maximum absolute atomic E-state index is 2.57. The molecule has 2 aliphatic rings. The summed E-state index contributed by atoms with van der Waals surface area (Å²) in [5, 5.41) is 0. The molecule has 0 nitrogen and oxygen atoms in total. The predicted molar refractivity (Wildman–Crippen MR) is 98.1 cm³/mol. The van der Waals surface area contributed by atoms with Crippen LogP contribution in [0.25, 0.3) is 0 Å². The van der Waals surface area contributed by atoms with Crippen LogP contribution in [0.3, 0.4) is 0 Å². The van der Waals surface area contributed by atoms with Gasteiger partial charge in [0.1, 0.15) is 0 Å². The van der Waals surface area contributed by atoms with Crippen molar-refractivity contribution < 1.29 is 0 Å². The fourth-order valence-electron chi connectivity index (χ4n) is 4.75. The molecule has 124 valence electrons. The van der Waals surface area contributed by atoms with E-state index in [4.69, 9.17) is 0 Å². The molecule has 2 saturated carbocycles. The van der Waals surface area contributed by atoms with Gasteiger partial charge in [0, 0.05) is 4.75 Å². The molecule has 0 aliphatic heterocycles. The van der Waals surface area contributed by atoms with Crippen LogP contribution in [0.4, 0.5) is 0 Å². The summed E-state index contributed by atoms with van der Waals surface area (Å²) in [6.07, 6.45) is 16.1. The Bertz CT molecular complexity index is 309. The average Bonchev–Trinajstić information content (AvgIpc) is 2.89. The summed E-state index contributed by atoms with van der Waals surface area (Å²) < 4.78 is 0.626. The first-order valence-corrected chi connectivity index (χ1v) is 10.6. The van der Waals surface area contributed by atoms with Crippen LogP contribution < -0.4 is 0 Å². The number of hydrogen-bond donors (Lipinski definition) is 0. The second-order valence-corrected chi connectivity index (χ2v) is 10.3.